The molecular formula is C11H19N5O3. The zero-order valence-corrected chi connectivity index (χ0v) is 10.6. The van der Waals surface area contributed by atoms with E-state index in [2.05, 4.69) is 15.3 Å². The second kappa shape index (κ2) is 8.22. The Morgan fingerprint density at radius 3 is 2.79 bits per heavy atom. The summed E-state index contributed by atoms with van der Waals surface area (Å²) in [5.74, 6) is -0.817. The van der Waals surface area contributed by atoms with Crippen LogP contribution in [0.1, 0.15) is 12.1 Å². The van der Waals surface area contributed by atoms with Gasteiger partial charge in [0.25, 0.3) is 0 Å². The van der Waals surface area contributed by atoms with Gasteiger partial charge in [-0.2, -0.15) is 0 Å². The fourth-order valence-electron chi connectivity index (χ4n) is 1.47. The normalized spacial score (nSPS) is 11.9. The van der Waals surface area contributed by atoms with E-state index in [1.54, 1.807) is 6.20 Å². The number of carbonyl (C=O) groups excluding carboxylic acids is 2. The van der Waals surface area contributed by atoms with Gasteiger partial charge in [-0.1, -0.05) is 0 Å². The van der Waals surface area contributed by atoms with Gasteiger partial charge in [0.05, 0.1) is 6.33 Å². The van der Waals surface area contributed by atoms with Gasteiger partial charge in [0.2, 0.25) is 5.91 Å². The topological polar surface area (TPSA) is 136 Å². The molecule has 1 heterocycles. The molecule has 1 atom stereocenters. The van der Waals surface area contributed by atoms with Crippen molar-refractivity contribution in [2.75, 3.05) is 19.7 Å². The van der Waals surface area contributed by atoms with E-state index in [1.807, 2.05) is 0 Å². The third-order valence-electron chi connectivity index (χ3n) is 2.33. The lowest BCUT2D eigenvalue weighted by molar-refractivity contribution is -0.147. The Labute approximate surface area is 110 Å². The lowest BCUT2D eigenvalue weighted by atomic mass is 10.1. The van der Waals surface area contributed by atoms with E-state index in [1.165, 1.54) is 6.33 Å². The van der Waals surface area contributed by atoms with Crippen molar-refractivity contribution in [1.82, 2.24) is 15.3 Å². The van der Waals surface area contributed by atoms with Crippen LogP contribution in [-0.2, 0) is 20.7 Å². The van der Waals surface area contributed by atoms with Crippen molar-refractivity contribution in [3.8, 4) is 0 Å². The van der Waals surface area contributed by atoms with Gasteiger partial charge in [0.1, 0.15) is 12.6 Å². The maximum atomic E-state index is 11.8. The summed E-state index contributed by atoms with van der Waals surface area (Å²) in [6, 6.07) is -0.772. The number of amides is 1. The molecule has 6 N–H and O–H groups in total. The number of carbonyl (C=O) groups is 2. The van der Waals surface area contributed by atoms with Gasteiger partial charge in [-0.25, -0.2) is 9.78 Å². The molecule has 1 aromatic rings. The van der Waals surface area contributed by atoms with E-state index in [0.29, 0.717) is 0 Å². The first-order valence-corrected chi connectivity index (χ1v) is 6.00. The summed E-state index contributed by atoms with van der Waals surface area (Å²) >= 11 is 0. The van der Waals surface area contributed by atoms with Crippen LogP contribution in [0.25, 0.3) is 0 Å². The zero-order valence-electron chi connectivity index (χ0n) is 10.6. The number of nitrogens with zero attached hydrogens (tertiary/aromatic N) is 1. The molecule has 0 saturated carbocycles. The first-order chi connectivity index (χ1) is 9.17. The van der Waals surface area contributed by atoms with Gasteiger partial charge in [0, 0.05) is 37.8 Å². The second-order valence-electron chi connectivity index (χ2n) is 3.90. The molecule has 1 amide bonds. The number of ether oxygens (including phenoxy) is 1. The number of imidazole rings is 1. The monoisotopic (exact) mass is 269 g/mol. The van der Waals surface area contributed by atoms with Crippen LogP contribution < -0.4 is 16.8 Å². The maximum absolute atomic E-state index is 11.8. The molecule has 1 rings (SSSR count). The Hall–Kier alpha value is -1.93. The molecular weight excluding hydrogens is 250 g/mol. The summed E-state index contributed by atoms with van der Waals surface area (Å²) in [5, 5.41) is 2.58. The Kier molecular flexibility index (Phi) is 6.55. The van der Waals surface area contributed by atoms with Crippen LogP contribution in [0.5, 0.6) is 0 Å². The fraction of sp³-hybridized carbons (Fsp3) is 0.545. The molecule has 0 radical (unpaired) electrons. The van der Waals surface area contributed by atoms with E-state index in [-0.39, 0.29) is 38.4 Å². The van der Waals surface area contributed by atoms with Crippen molar-refractivity contribution < 1.29 is 14.3 Å². The number of H-pyrrole nitrogens is 1. The Morgan fingerprint density at radius 1 is 1.42 bits per heavy atom. The number of aromatic nitrogens is 2. The minimum Gasteiger partial charge on any atom is -0.463 e. The van der Waals surface area contributed by atoms with E-state index in [4.69, 9.17) is 16.2 Å². The first kappa shape index (κ1) is 15.1. The minimum absolute atomic E-state index is 0.116. The molecule has 106 valence electrons. The first-order valence-electron chi connectivity index (χ1n) is 6.00. The molecule has 8 nitrogen and oxygen atoms in total. The van der Waals surface area contributed by atoms with Crippen molar-refractivity contribution in [3.63, 3.8) is 0 Å². The second-order valence-corrected chi connectivity index (χ2v) is 3.90. The molecule has 0 aliphatic heterocycles. The van der Waals surface area contributed by atoms with Gasteiger partial charge in [0.15, 0.2) is 0 Å². The number of aromatic amines is 1. The smallest absolute Gasteiger partial charge is 0.329 e. The van der Waals surface area contributed by atoms with Crippen LogP contribution in [0.15, 0.2) is 12.5 Å². The molecule has 0 spiro atoms. The van der Waals surface area contributed by atoms with E-state index in [0.717, 1.165) is 5.69 Å². The van der Waals surface area contributed by atoms with Crippen molar-refractivity contribution in [3.05, 3.63) is 18.2 Å². The van der Waals surface area contributed by atoms with Crippen LogP contribution in [0, 0.1) is 0 Å². The summed E-state index contributed by atoms with van der Waals surface area (Å²) in [4.78, 5) is 30.0. The van der Waals surface area contributed by atoms with Gasteiger partial charge in [-0.15, -0.1) is 0 Å². The highest BCUT2D eigenvalue weighted by Crippen LogP contribution is 2.01. The highest BCUT2D eigenvalue weighted by Gasteiger charge is 2.22. The molecule has 0 unspecified atom stereocenters. The van der Waals surface area contributed by atoms with E-state index in [9.17, 15) is 9.59 Å². The molecule has 0 aliphatic carbocycles. The molecule has 0 saturated heterocycles. The van der Waals surface area contributed by atoms with Crippen molar-refractivity contribution in [2.45, 2.75) is 18.9 Å². The summed E-state index contributed by atoms with van der Waals surface area (Å²) < 4.78 is 4.94. The van der Waals surface area contributed by atoms with Crippen molar-refractivity contribution >= 4 is 11.9 Å². The third kappa shape index (κ3) is 5.49. The molecule has 0 aromatic carbocycles. The maximum Gasteiger partial charge on any atom is 0.329 e. The van der Waals surface area contributed by atoms with Gasteiger partial charge >= 0.3 is 5.97 Å². The number of nitrogens with two attached hydrogens (primary N) is 2. The van der Waals surface area contributed by atoms with Gasteiger partial charge < -0.3 is 26.5 Å². The van der Waals surface area contributed by atoms with Gasteiger partial charge in [-0.05, 0) is 0 Å². The standard InChI is InChI=1S/C11H19N5O3/c12-2-1-10(17)16-9(11(18)19-4-3-13)5-8-6-14-7-15-8/h6-7,9H,1-5,12-13H2,(H,14,15)(H,16,17)/t9-/m0/s1. The Morgan fingerprint density at radius 2 is 2.21 bits per heavy atom. The van der Waals surface area contributed by atoms with Crippen LogP contribution in [0.4, 0.5) is 0 Å². The largest absolute Gasteiger partial charge is 0.463 e. The number of esters is 1. The molecule has 1 aromatic heterocycles. The fourth-order valence-corrected chi connectivity index (χ4v) is 1.47. The minimum atomic E-state index is -0.772. The number of hydrogen-bond donors (Lipinski definition) is 4. The molecule has 19 heavy (non-hydrogen) atoms. The van der Waals surface area contributed by atoms with Crippen LogP contribution in [-0.4, -0.2) is 47.6 Å². The number of rotatable bonds is 8. The van der Waals surface area contributed by atoms with E-state index >= 15 is 0 Å². The third-order valence-corrected chi connectivity index (χ3v) is 2.33. The SMILES string of the molecule is NCCOC(=O)[C@H](Cc1cnc[nH]1)NC(=O)CCN. The lowest BCUT2D eigenvalue weighted by Crippen LogP contribution is -2.44. The predicted molar refractivity (Wildman–Crippen MR) is 67.9 cm³/mol. The summed E-state index contributed by atoms with van der Waals surface area (Å²) in [7, 11) is 0. The molecule has 8 heteroatoms. The molecule has 0 bridgehead atoms. The summed E-state index contributed by atoms with van der Waals surface area (Å²) in [5.41, 5.74) is 11.3. The predicted octanol–water partition coefficient (Wildman–Crippen LogP) is -1.71. The van der Waals surface area contributed by atoms with Crippen molar-refractivity contribution in [2.24, 2.45) is 11.5 Å². The lowest BCUT2D eigenvalue weighted by Gasteiger charge is -2.16. The highest BCUT2D eigenvalue weighted by molar-refractivity contribution is 5.84. The van der Waals surface area contributed by atoms with Crippen LogP contribution in [0.3, 0.4) is 0 Å². The quantitative estimate of drug-likeness (QED) is 0.415. The summed E-state index contributed by atoms with van der Waals surface area (Å²) in [6.07, 6.45) is 3.51. The zero-order chi connectivity index (χ0) is 14.1. The van der Waals surface area contributed by atoms with Crippen molar-refractivity contribution in [1.29, 1.82) is 0 Å². The number of hydrogen-bond acceptors (Lipinski definition) is 6. The van der Waals surface area contributed by atoms with E-state index < -0.39 is 12.0 Å². The van der Waals surface area contributed by atoms with Crippen LogP contribution in [0.2, 0.25) is 0 Å². The average molecular weight is 269 g/mol. The van der Waals surface area contributed by atoms with Crippen LogP contribution >= 0.6 is 0 Å². The highest BCUT2D eigenvalue weighted by atomic mass is 16.5. The summed E-state index contributed by atoms with van der Waals surface area (Å²) in [6.45, 7) is 0.574. The Balaban J connectivity index is 2.61. The number of nitrogens with one attached hydrogen (secondary N) is 2. The molecule has 0 fully saturated rings. The van der Waals surface area contributed by atoms with Gasteiger partial charge in [-0.3, -0.25) is 4.79 Å². The average Bonchev–Trinajstić information content (AvgIpc) is 2.88. The Bertz CT molecular complexity index is 393. The molecule has 0 aliphatic rings.